The Kier molecular flexibility index (Phi) is 5.25. The van der Waals surface area contributed by atoms with Crippen molar-refractivity contribution in [2.24, 2.45) is 5.41 Å². The van der Waals surface area contributed by atoms with Gasteiger partial charge >= 0.3 is 0 Å². The summed E-state index contributed by atoms with van der Waals surface area (Å²) < 4.78 is 9.66. The first kappa shape index (κ1) is 17.0. The van der Waals surface area contributed by atoms with Crippen LogP contribution in [-0.2, 0) is 30.4 Å². The largest absolute Gasteiger partial charge is 0.497 e. The van der Waals surface area contributed by atoms with Crippen molar-refractivity contribution >= 4 is 0 Å². The monoisotopic (exact) mass is 324 g/mol. The van der Waals surface area contributed by atoms with Crippen LogP contribution in [-0.4, -0.2) is 21.3 Å². The second-order valence-electron chi connectivity index (χ2n) is 7.17. The molecule has 0 saturated carbocycles. The highest BCUT2D eigenvalue weighted by Gasteiger charge is 2.37. The van der Waals surface area contributed by atoms with Gasteiger partial charge in [-0.2, -0.15) is 0 Å². The minimum Gasteiger partial charge on any atom is -0.497 e. The normalized spacial score (nSPS) is 21.3. The molecule has 0 amide bonds. The fourth-order valence-corrected chi connectivity index (χ4v) is 4.26. The molecule has 0 fully saturated rings. The van der Waals surface area contributed by atoms with Crippen LogP contribution in [0.15, 0.2) is 42.5 Å². The number of ether oxygens (including phenoxy) is 2. The first-order valence-corrected chi connectivity index (χ1v) is 8.82. The van der Waals surface area contributed by atoms with Crippen molar-refractivity contribution < 1.29 is 9.47 Å². The molecule has 0 aromatic heterocycles. The topological polar surface area (TPSA) is 18.5 Å². The van der Waals surface area contributed by atoms with Crippen LogP contribution in [0.25, 0.3) is 0 Å². The van der Waals surface area contributed by atoms with Gasteiger partial charge in [-0.3, -0.25) is 0 Å². The first-order valence-electron chi connectivity index (χ1n) is 8.82. The molecule has 2 nitrogen and oxygen atoms in total. The molecule has 128 valence electrons. The third-order valence-corrected chi connectivity index (χ3v) is 5.51. The van der Waals surface area contributed by atoms with Crippen molar-refractivity contribution in [1.82, 2.24) is 0 Å². The molecule has 0 aliphatic heterocycles. The van der Waals surface area contributed by atoms with E-state index in [0.717, 1.165) is 5.75 Å². The van der Waals surface area contributed by atoms with E-state index >= 15 is 0 Å². The minimum atomic E-state index is 0.480. The van der Waals surface area contributed by atoms with Gasteiger partial charge in [0, 0.05) is 14.2 Å². The summed E-state index contributed by atoms with van der Waals surface area (Å²) in [6.45, 7) is 0. The van der Waals surface area contributed by atoms with Crippen LogP contribution in [0.2, 0.25) is 0 Å². The van der Waals surface area contributed by atoms with E-state index in [9.17, 15) is 0 Å². The molecular formula is C22H28O2. The van der Waals surface area contributed by atoms with E-state index in [1.807, 2.05) is 0 Å². The maximum Gasteiger partial charge on any atom is 0.119 e. The van der Waals surface area contributed by atoms with Crippen molar-refractivity contribution in [2.45, 2.75) is 38.5 Å². The zero-order chi connectivity index (χ0) is 17.0. The third kappa shape index (κ3) is 3.49. The van der Waals surface area contributed by atoms with Crippen LogP contribution in [0.4, 0.5) is 0 Å². The van der Waals surface area contributed by atoms with E-state index in [-0.39, 0.29) is 0 Å². The third-order valence-electron chi connectivity index (χ3n) is 5.51. The van der Waals surface area contributed by atoms with Gasteiger partial charge in [-0.15, -0.1) is 0 Å². The van der Waals surface area contributed by atoms with Gasteiger partial charge in [0.2, 0.25) is 0 Å². The molecule has 0 heterocycles. The molecule has 0 radical (unpaired) electrons. The van der Waals surface area contributed by atoms with Crippen LogP contribution < -0.4 is 4.74 Å². The van der Waals surface area contributed by atoms with E-state index in [4.69, 9.17) is 4.74 Å². The first-order chi connectivity index (χ1) is 11.7. The Morgan fingerprint density at radius 2 is 1.33 bits per heavy atom. The summed E-state index contributed by atoms with van der Waals surface area (Å²) in [5.74, 6) is 1.00. The second-order valence-corrected chi connectivity index (χ2v) is 7.17. The van der Waals surface area contributed by atoms with Crippen LogP contribution in [0.5, 0.6) is 5.75 Å². The summed E-state index contributed by atoms with van der Waals surface area (Å²) in [5, 5.41) is 0. The Balaban J connectivity index is 0.000000526. The molecule has 2 aromatic carbocycles. The quantitative estimate of drug-likeness (QED) is 0.762. The fraction of sp³-hybridized carbons (Fsp3) is 0.455. The highest BCUT2D eigenvalue weighted by Crippen LogP contribution is 2.45. The lowest BCUT2D eigenvalue weighted by Crippen LogP contribution is -2.34. The van der Waals surface area contributed by atoms with Gasteiger partial charge in [0.15, 0.2) is 0 Å². The lowest BCUT2D eigenvalue weighted by atomic mass is 9.63. The van der Waals surface area contributed by atoms with Crippen molar-refractivity contribution in [3.05, 3.63) is 64.7 Å². The summed E-state index contributed by atoms with van der Waals surface area (Å²) in [6, 6.07) is 15.6. The van der Waals surface area contributed by atoms with E-state index in [2.05, 4.69) is 47.2 Å². The Labute approximate surface area is 145 Å². The van der Waals surface area contributed by atoms with E-state index in [0.29, 0.717) is 5.41 Å². The van der Waals surface area contributed by atoms with Gasteiger partial charge in [-0.1, -0.05) is 30.3 Å². The lowest BCUT2D eigenvalue weighted by molar-refractivity contribution is 0.210. The number of methoxy groups -OCH3 is 2. The number of rotatable bonds is 1. The smallest absolute Gasteiger partial charge is 0.119 e. The van der Waals surface area contributed by atoms with Gasteiger partial charge < -0.3 is 9.47 Å². The molecule has 0 saturated heterocycles. The maximum absolute atomic E-state index is 5.41. The Morgan fingerprint density at radius 1 is 0.750 bits per heavy atom. The average molecular weight is 324 g/mol. The maximum atomic E-state index is 5.41. The van der Waals surface area contributed by atoms with Crippen LogP contribution in [0.3, 0.4) is 0 Å². The number of hydrogen-bond acceptors (Lipinski definition) is 2. The zero-order valence-electron chi connectivity index (χ0n) is 15.1. The molecule has 4 rings (SSSR count). The van der Waals surface area contributed by atoms with E-state index in [1.54, 1.807) is 32.5 Å². The number of fused-ring (bicyclic) bond motifs is 2. The summed E-state index contributed by atoms with van der Waals surface area (Å²) in [4.78, 5) is 0. The second kappa shape index (κ2) is 7.40. The predicted octanol–water partition coefficient (Wildman–Crippen LogP) is 4.62. The van der Waals surface area contributed by atoms with Crippen molar-refractivity contribution in [2.75, 3.05) is 21.3 Å². The van der Waals surface area contributed by atoms with Crippen LogP contribution in [0, 0.1) is 5.41 Å². The summed E-state index contributed by atoms with van der Waals surface area (Å²) in [6.07, 6.45) is 7.60. The molecule has 2 aliphatic carbocycles. The molecule has 0 bridgehead atoms. The van der Waals surface area contributed by atoms with E-state index in [1.165, 1.54) is 49.7 Å². The average Bonchev–Trinajstić information content (AvgIpc) is 2.61. The Hall–Kier alpha value is -1.80. The van der Waals surface area contributed by atoms with Gasteiger partial charge in [0.25, 0.3) is 0 Å². The highest BCUT2D eigenvalue weighted by atomic mass is 16.5. The van der Waals surface area contributed by atoms with Crippen molar-refractivity contribution in [3.63, 3.8) is 0 Å². The number of aryl methyl sites for hydroxylation is 2. The van der Waals surface area contributed by atoms with Gasteiger partial charge in [0.05, 0.1) is 7.11 Å². The molecule has 1 unspecified atom stereocenters. The van der Waals surface area contributed by atoms with Crippen LogP contribution in [0.1, 0.15) is 35.1 Å². The van der Waals surface area contributed by atoms with Gasteiger partial charge in [-0.25, -0.2) is 0 Å². The Morgan fingerprint density at radius 3 is 2.00 bits per heavy atom. The van der Waals surface area contributed by atoms with Gasteiger partial charge in [-0.05, 0) is 78.3 Å². The lowest BCUT2D eigenvalue weighted by Gasteiger charge is -2.42. The molecule has 0 N–H and O–H groups in total. The number of benzene rings is 2. The molecule has 1 atom stereocenters. The molecule has 2 heteroatoms. The predicted molar refractivity (Wildman–Crippen MR) is 98.9 cm³/mol. The molecule has 1 spiro atoms. The minimum absolute atomic E-state index is 0.480. The summed E-state index contributed by atoms with van der Waals surface area (Å²) in [5.41, 5.74) is 6.67. The number of hydrogen-bond donors (Lipinski definition) is 0. The molecule has 24 heavy (non-hydrogen) atoms. The molecule has 2 aromatic rings. The Bertz CT molecular complexity index is 692. The van der Waals surface area contributed by atoms with Crippen molar-refractivity contribution in [1.29, 1.82) is 0 Å². The SMILES string of the molecule is COC.COc1ccc2c(c1)CC1(CCc3ccccc3C1)CC2. The molecular weight excluding hydrogens is 296 g/mol. The summed E-state index contributed by atoms with van der Waals surface area (Å²) >= 11 is 0. The fourth-order valence-electron chi connectivity index (χ4n) is 4.26. The zero-order valence-corrected chi connectivity index (χ0v) is 15.1. The van der Waals surface area contributed by atoms with Crippen LogP contribution >= 0.6 is 0 Å². The van der Waals surface area contributed by atoms with Gasteiger partial charge in [0.1, 0.15) is 5.75 Å². The highest BCUT2D eigenvalue weighted by molar-refractivity contribution is 5.40. The standard InChI is InChI=1S/C20H22O.C2H6O/c1-21-19-7-6-16-9-11-20(14-18(16)12-19)10-8-15-4-2-3-5-17(15)13-20;1-3-2/h2-7,12H,8-11,13-14H2,1H3;1-2H3. The molecule has 2 aliphatic rings. The van der Waals surface area contributed by atoms with E-state index < -0.39 is 0 Å². The van der Waals surface area contributed by atoms with Crippen molar-refractivity contribution in [3.8, 4) is 5.75 Å². The summed E-state index contributed by atoms with van der Waals surface area (Å²) in [7, 11) is 5.01.